The van der Waals surface area contributed by atoms with Gasteiger partial charge in [0.25, 0.3) is 0 Å². The van der Waals surface area contributed by atoms with Crippen molar-refractivity contribution in [3.8, 4) is 6.07 Å². The van der Waals surface area contributed by atoms with Gasteiger partial charge in [0.05, 0.1) is 6.07 Å². The van der Waals surface area contributed by atoms with Gasteiger partial charge in [-0.1, -0.05) is 55.1 Å². The molecule has 1 rings (SSSR count). The van der Waals surface area contributed by atoms with Crippen LogP contribution in [0.5, 0.6) is 0 Å². The first-order valence-corrected chi connectivity index (χ1v) is 5.74. The first kappa shape index (κ1) is 19.5. The van der Waals surface area contributed by atoms with Gasteiger partial charge >= 0.3 is 5.97 Å². The summed E-state index contributed by atoms with van der Waals surface area (Å²) in [5.74, 6) is -0.935. The van der Waals surface area contributed by atoms with E-state index in [1.807, 2.05) is 48.6 Å². The smallest absolute Gasteiger partial charge is 0.330 e. The summed E-state index contributed by atoms with van der Waals surface area (Å²) in [6.07, 6.45) is 6.96. The summed E-state index contributed by atoms with van der Waals surface area (Å²) in [5, 5.41) is 16.1. The first-order chi connectivity index (χ1) is 9.57. The number of hydrogen-bond donors (Lipinski definition) is 1. The molecule has 0 aliphatic rings. The average Bonchev–Trinajstić information content (AvgIpc) is 2.47. The van der Waals surface area contributed by atoms with Gasteiger partial charge in [0.2, 0.25) is 0 Å². The molecule has 0 atom stereocenters. The Balaban J connectivity index is 0. The minimum absolute atomic E-state index is 0.176. The summed E-state index contributed by atoms with van der Waals surface area (Å²) in [5.41, 5.74) is 1.31. The molecule has 20 heavy (non-hydrogen) atoms. The number of benzene rings is 1. The number of carboxylic acid groups (broad SMARTS) is 1. The van der Waals surface area contributed by atoms with Crippen LogP contribution in [-0.4, -0.2) is 11.1 Å². The Morgan fingerprint density at radius 1 is 1.25 bits per heavy atom. The second-order valence-corrected chi connectivity index (χ2v) is 3.34. The van der Waals surface area contributed by atoms with Gasteiger partial charge in [-0.25, -0.2) is 4.79 Å². The lowest BCUT2D eigenvalue weighted by Crippen LogP contribution is -1.92. The van der Waals surface area contributed by atoms with Gasteiger partial charge in [-0.3, -0.25) is 0 Å². The van der Waals surface area contributed by atoms with E-state index < -0.39 is 5.97 Å². The number of carbonyl (C=O) groups is 1. The Bertz CT molecular complexity index is 481. The van der Waals surface area contributed by atoms with Gasteiger partial charge < -0.3 is 5.11 Å². The third-order valence-corrected chi connectivity index (χ3v) is 1.74. The van der Waals surface area contributed by atoms with Crippen molar-refractivity contribution in [2.75, 3.05) is 0 Å². The van der Waals surface area contributed by atoms with Crippen molar-refractivity contribution < 1.29 is 9.90 Å². The van der Waals surface area contributed by atoms with Gasteiger partial charge in [-0.15, -0.1) is 13.2 Å². The first-order valence-electron chi connectivity index (χ1n) is 5.74. The molecule has 0 aliphatic carbocycles. The van der Waals surface area contributed by atoms with E-state index in [4.69, 9.17) is 10.4 Å². The Kier molecular flexibility index (Phi) is 13.8. The maximum absolute atomic E-state index is 9.60. The zero-order valence-electron chi connectivity index (χ0n) is 11.6. The summed E-state index contributed by atoms with van der Waals surface area (Å²) in [4.78, 5) is 9.60. The molecule has 0 saturated heterocycles. The number of hydrogen-bond acceptors (Lipinski definition) is 2. The lowest BCUT2D eigenvalue weighted by atomic mass is 10.2. The normalized spacial score (nSPS) is 8.80. The minimum atomic E-state index is -0.935. The number of carboxylic acids is 1. The number of aliphatic carboxylic acids is 1. The molecule has 0 aromatic heterocycles. The van der Waals surface area contributed by atoms with Crippen LogP contribution in [0.2, 0.25) is 0 Å². The fraction of sp³-hybridized carbons (Fsp3) is 0.0588. The van der Waals surface area contributed by atoms with Crippen molar-refractivity contribution in [3.05, 3.63) is 79.4 Å². The molecule has 3 heteroatoms. The van der Waals surface area contributed by atoms with Crippen molar-refractivity contribution in [1.82, 2.24) is 0 Å². The van der Waals surface area contributed by atoms with Gasteiger partial charge in [-0.05, 0) is 12.5 Å². The topological polar surface area (TPSA) is 61.1 Å². The fourth-order valence-electron chi connectivity index (χ4n) is 0.829. The van der Waals surface area contributed by atoms with Gasteiger partial charge in [0.1, 0.15) is 0 Å². The molecule has 1 aromatic carbocycles. The lowest BCUT2D eigenvalue weighted by molar-refractivity contribution is -0.132. The van der Waals surface area contributed by atoms with Crippen molar-refractivity contribution in [2.24, 2.45) is 0 Å². The molecule has 0 bridgehead atoms. The second-order valence-electron chi connectivity index (χ2n) is 3.34. The monoisotopic (exact) mass is 269 g/mol. The van der Waals surface area contributed by atoms with Crippen LogP contribution in [0.25, 0.3) is 6.08 Å². The maximum Gasteiger partial charge on any atom is 0.330 e. The molecular formula is C17H19NO2. The van der Waals surface area contributed by atoms with Crippen molar-refractivity contribution in [2.45, 2.75) is 6.92 Å². The van der Waals surface area contributed by atoms with E-state index in [1.165, 1.54) is 13.0 Å². The highest BCUT2D eigenvalue weighted by Gasteiger charge is 1.90. The molecule has 1 N–H and O–H groups in total. The number of nitriles is 1. The molecule has 0 unspecified atom stereocenters. The molecular weight excluding hydrogens is 250 g/mol. The Hall–Kier alpha value is -2.86. The van der Waals surface area contributed by atoms with Crippen LogP contribution in [0.15, 0.2) is 73.9 Å². The van der Waals surface area contributed by atoms with Crippen LogP contribution in [0, 0.1) is 11.3 Å². The summed E-state index contributed by atoms with van der Waals surface area (Å²) < 4.78 is 0. The van der Waals surface area contributed by atoms with Gasteiger partial charge in [0, 0.05) is 11.6 Å². The SMILES string of the molecule is C=C.C=C(C)C(=O)O.N#CC=CC=Cc1ccccc1. The lowest BCUT2D eigenvalue weighted by Gasteiger charge is -1.87. The van der Waals surface area contributed by atoms with E-state index in [-0.39, 0.29) is 5.57 Å². The highest BCUT2D eigenvalue weighted by atomic mass is 16.4. The third kappa shape index (κ3) is 13.2. The minimum Gasteiger partial charge on any atom is -0.478 e. The van der Waals surface area contributed by atoms with Gasteiger partial charge in [0.15, 0.2) is 0 Å². The van der Waals surface area contributed by atoms with E-state index in [0.717, 1.165) is 5.56 Å². The maximum atomic E-state index is 9.60. The van der Waals surface area contributed by atoms with E-state index in [0.29, 0.717) is 0 Å². The number of rotatable bonds is 3. The molecule has 0 saturated carbocycles. The summed E-state index contributed by atoms with van der Waals surface area (Å²) >= 11 is 0. The Morgan fingerprint density at radius 2 is 1.75 bits per heavy atom. The highest BCUT2D eigenvalue weighted by molar-refractivity contribution is 5.84. The molecule has 3 nitrogen and oxygen atoms in total. The number of allylic oxidation sites excluding steroid dienone is 3. The largest absolute Gasteiger partial charge is 0.478 e. The van der Waals surface area contributed by atoms with E-state index >= 15 is 0 Å². The Morgan fingerprint density at radius 3 is 2.15 bits per heavy atom. The van der Waals surface area contributed by atoms with Crippen molar-refractivity contribution >= 4 is 12.0 Å². The quantitative estimate of drug-likeness (QED) is 0.386. The average molecular weight is 269 g/mol. The molecule has 0 fully saturated rings. The molecule has 104 valence electrons. The molecule has 1 aromatic rings. The summed E-state index contributed by atoms with van der Waals surface area (Å²) in [7, 11) is 0. The second kappa shape index (κ2) is 14.2. The summed E-state index contributed by atoms with van der Waals surface area (Å²) in [6.45, 7) is 10.6. The molecule has 0 heterocycles. The molecule has 0 spiro atoms. The molecule has 0 radical (unpaired) electrons. The van der Waals surface area contributed by atoms with E-state index in [2.05, 4.69) is 19.7 Å². The fourth-order valence-corrected chi connectivity index (χ4v) is 0.829. The van der Waals surface area contributed by atoms with Crippen LogP contribution in [0.4, 0.5) is 0 Å². The third-order valence-electron chi connectivity index (χ3n) is 1.74. The van der Waals surface area contributed by atoms with Crippen LogP contribution >= 0.6 is 0 Å². The van der Waals surface area contributed by atoms with E-state index in [1.54, 1.807) is 6.08 Å². The predicted molar refractivity (Wildman–Crippen MR) is 83.9 cm³/mol. The summed E-state index contributed by atoms with van der Waals surface area (Å²) in [6, 6.07) is 11.9. The number of nitrogens with zero attached hydrogens (tertiary/aromatic N) is 1. The van der Waals surface area contributed by atoms with Crippen molar-refractivity contribution in [3.63, 3.8) is 0 Å². The Labute approximate surface area is 120 Å². The van der Waals surface area contributed by atoms with Crippen LogP contribution in [-0.2, 0) is 4.79 Å². The zero-order valence-corrected chi connectivity index (χ0v) is 11.6. The van der Waals surface area contributed by atoms with Crippen LogP contribution in [0.1, 0.15) is 12.5 Å². The van der Waals surface area contributed by atoms with Crippen LogP contribution in [0.3, 0.4) is 0 Å². The van der Waals surface area contributed by atoms with Gasteiger partial charge in [-0.2, -0.15) is 5.26 Å². The van der Waals surface area contributed by atoms with Crippen molar-refractivity contribution in [1.29, 1.82) is 5.26 Å². The zero-order chi connectivity index (χ0) is 15.8. The standard InChI is InChI=1S/C11H9N.C4H6O2.C2H4/c12-10-6-2-5-9-11-7-3-1-4-8-11;1-3(2)4(5)6;1-2/h1-9H;1H2,2H3,(H,5,6);1-2H2. The molecule has 0 amide bonds. The highest BCUT2D eigenvalue weighted by Crippen LogP contribution is 2.00. The van der Waals surface area contributed by atoms with Crippen LogP contribution < -0.4 is 0 Å². The van der Waals surface area contributed by atoms with E-state index in [9.17, 15) is 4.79 Å². The predicted octanol–water partition coefficient (Wildman–Crippen LogP) is 4.23. The molecule has 0 aliphatic heterocycles.